The van der Waals surface area contributed by atoms with Gasteiger partial charge in [0.15, 0.2) is 0 Å². The normalized spacial score (nSPS) is 13.6. The molecule has 0 amide bonds. The minimum Gasteiger partial charge on any atom is -1.00 e. The summed E-state index contributed by atoms with van der Waals surface area (Å²) in [6, 6.07) is 0. The molecule has 0 aromatic heterocycles. The van der Waals surface area contributed by atoms with Crippen molar-refractivity contribution in [2.75, 3.05) is 20.6 Å². The fourth-order valence-electron chi connectivity index (χ4n) is 3.52. The van der Waals surface area contributed by atoms with Crippen LogP contribution in [0.4, 0.5) is 0 Å². The van der Waals surface area contributed by atoms with Gasteiger partial charge in [0.25, 0.3) is 0 Å². The van der Waals surface area contributed by atoms with E-state index in [-0.39, 0.29) is 18.5 Å². The molecule has 2 unspecified atom stereocenters. The zero-order valence-corrected chi connectivity index (χ0v) is 20.1. The predicted octanol–water partition coefficient (Wildman–Crippen LogP) is 2.75. The molecule has 0 fully saturated rings. The van der Waals surface area contributed by atoms with Crippen LogP contribution >= 0.6 is 11.6 Å². The van der Waals surface area contributed by atoms with Crippen molar-refractivity contribution in [1.29, 1.82) is 0 Å². The number of aliphatic hydroxyl groups excluding tert-OH is 1. The van der Waals surface area contributed by atoms with Gasteiger partial charge in [-0.15, -0.1) is 11.6 Å². The van der Waals surface area contributed by atoms with Gasteiger partial charge in [0, 0.05) is 11.8 Å². The molecule has 0 aromatic carbocycles. The van der Waals surface area contributed by atoms with Crippen LogP contribution in [-0.2, 0) is 0 Å². The zero-order chi connectivity index (χ0) is 19.5. The molecule has 27 heavy (non-hydrogen) atoms. The van der Waals surface area contributed by atoms with Crippen molar-refractivity contribution >= 4 is 11.6 Å². The molecule has 2 N–H and O–H groups in total. The highest BCUT2D eigenvalue weighted by molar-refractivity contribution is 6.20. The van der Waals surface area contributed by atoms with Crippen molar-refractivity contribution in [2.24, 2.45) is 0 Å². The standard InChI is InChI=1S/C23H48ClNO.ClH/c1-22(26)18-16-14-12-10-8-6-4-5-7-9-11-13-15-17-19-23(24)20-21-25(2)3;/h22-23,26H,4-21H2,1-3H3;1H. The van der Waals surface area contributed by atoms with Crippen LogP contribution in [-0.4, -0.2) is 37.2 Å². The van der Waals surface area contributed by atoms with Gasteiger partial charge in [0.1, 0.15) is 0 Å². The Kier molecular flexibility index (Phi) is 25.1. The van der Waals surface area contributed by atoms with Crippen LogP contribution in [0.25, 0.3) is 0 Å². The first-order chi connectivity index (χ1) is 12.5. The lowest BCUT2D eigenvalue weighted by Crippen LogP contribution is -3.05. The molecule has 2 atom stereocenters. The van der Waals surface area contributed by atoms with Gasteiger partial charge in [0.05, 0.1) is 26.7 Å². The maximum absolute atomic E-state index is 9.21. The maximum atomic E-state index is 9.21. The Morgan fingerprint density at radius 3 is 1.30 bits per heavy atom. The van der Waals surface area contributed by atoms with Gasteiger partial charge in [-0.3, -0.25) is 0 Å². The van der Waals surface area contributed by atoms with Gasteiger partial charge >= 0.3 is 0 Å². The fourth-order valence-corrected chi connectivity index (χ4v) is 3.78. The van der Waals surface area contributed by atoms with Crippen LogP contribution in [0.2, 0.25) is 0 Å². The number of aliphatic hydroxyl groups is 1. The molecule has 0 heterocycles. The van der Waals surface area contributed by atoms with Gasteiger partial charge in [-0.2, -0.15) is 0 Å². The molecule has 0 radical (unpaired) electrons. The van der Waals surface area contributed by atoms with Crippen molar-refractivity contribution in [3.05, 3.63) is 0 Å². The summed E-state index contributed by atoms with van der Waals surface area (Å²) in [6.45, 7) is 3.08. The molecule has 0 aliphatic rings. The molecule has 4 heteroatoms. The van der Waals surface area contributed by atoms with Crippen LogP contribution < -0.4 is 17.3 Å². The van der Waals surface area contributed by atoms with Crippen LogP contribution in [0.1, 0.15) is 116 Å². The fraction of sp³-hybridized carbons (Fsp3) is 1.00. The maximum Gasteiger partial charge on any atom is 0.0781 e. The molecule has 0 saturated heterocycles. The van der Waals surface area contributed by atoms with Crippen molar-refractivity contribution in [3.63, 3.8) is 0 Å². The Labute approximate surface area is 182 Å². The summed E-state index contributed by atoms with van der Waals surface area (Å²) in [5.74, 6) is 0. The molecule has 0 aromatic rings. The summed E-state index contributed by atoms with van der Waals surface area (Å²) in [4.78, 5) is 1.50. The highest BCUT2D eigenvalue weighted by Crippen LogP contribution is 2.16. The van der Waals surface area contributed by atoms with Crippen LogP contribution in [0.15, 0.2) is 0 Å². The number of rotatable bonds is 20. The van der Waals surface area contributed by atoms with E-state index in [1.165, 1.54) is 108 Å². The van der Waals surface area contributed by atoms with Crippen molar-refractivity contribution in [3.8, 4) is 0 Å². The molecule has 0 spiro atoms. The molecular weight excluding hydrogens is 377 g/mol. The summed E-state index contributed by atoms with van der Waals surface area (Å²) in [7, 11) is 4.40. The van der Waals surface area contributed by atoms with Crippen molar-refractivity contribution < 1.29 is 22.4 Å². The topological polar surface area (TPSA) is 24.7 Å². The van der Waals surface area contributed by atoms with Gasteiger partial charge in [0.2, 0.25) is 0 Å². The number of hydrogen-bond donors (Lipinski definition) is 2. The lowest BCUT2D eigenvalue weighted by molar-refractivity contribution is -0.858. The summed E-state index contributed by atoms with van der Waals surface area (Å²) in [5, 5.41) is 9.60. The average molecular weight is 427 g/mol. The first-order valence-electron chi connectivity index (χ1n) is 11.6. The molecule has 0 aliphatic heterocycles. The average Bonchev–Trinajstić information content (AvgIpc) is 2.59. The van der Waals surface area contributed by atoms with Gasteiger partial charge < -0.3 is 22.4 Å². The second kappa shape index (κ2) is 22.8. The minimum absolute atomic E-state index is 0. The van der Waals surface area contributed by atoms with Gasteiger partial charge in [-0.1, -0.05) is 89.9 Å². The van der Waals surface area contributed by atoms with E-state index < -0.39 is 0 Å². The second-order valence-corrected chi connectivity index (χ2v) is 9.34. The smallest absolute Gasteiger partial charge is 0.0781 e. The summed E-state index contributed by atoms with van der Waals surface area (Å²) < 4.78 is 0. The number of quaternary nitrogens is 1. The lowest BCUT2D eigenvalue weighted by Gasteiger charge is -2.11. The number of alkyl halides is 1. The lowest BCUT2D eigenvalue weighted by atomic mass is 10.0. The second-order valence-electron chi connectivity index (χ2n) is 8.72. The number of unbranched alkanes of at least 4 members (excludes halogenated alkanes) is 13. The molecular formula is C23H49Cl2NO. The molecule has 0 saturated carbocycles. The summed E-state index contributed by atoms with van der Waals surface area (Å²) in [5.41, 5.74) is 0. The minimum atomic E-state index is -0.110. The number of halogens is 2. The van der Waals surface area contributed by atoms with Crippen LogP contribution in [0.3, 0.4) is 0 Å². The molecule has 0 rings (SSSR count). The van der Waals surface area contributed by atoms with Gasteiger partial charge in [-0.25, -0.2) is 0 Å². The van der Waals surface area contributed by atoms with E-state index in [4.69, 9.17) is 11.6 Å². The summed E-state index contributed by atoms with van der Waals surface area (Å²) >= 11 is 6.37. The van der Waals surface area contributed by atoms with Crippen LogP contribution in [0, 0.1) is 0 Å². The third-order valence-electron chi connectivity index (χ3n) is 5.35. The molecule has 166 valence electrons. The van der Waals surface area contributed by atoms with E-state index >= 15 is 0 Å². The Bertz CT molecular complexity index is 275. The van der Waals surface area contributed by atoms with E-state index in [9.17, 15) is 5.11 Å². The molecule has 0 bridgehead atoms. The predicted molar refractivity (Wildman–Crippen MR) is 117 cm³/mol. The van der Waals surface area contributed by atoms with E-state index in [1.807, 2.05) is 6.92 Å². The third-order valence-corrected chi connectivity index (χ3v) is 5.78. The Morgan fingerprint density at radius 2 is 0.963 bits per heavy atom. The highest BCUT2D eigenvalue weighted by Gasteiger charge is 2.06. The first-order valence-corrected chi connectivity index (χ1v) is 12.1. The van der Waals surface area contributed by atoms with E-state index in [2.05, 4.69) is 14.1 Å². The molecule has 2 nitrogen and oxygen atoms in total. The van der Waals surface area contributed by atoms with Crippen molar-refractivity contribution in [1.82, 2.24) is 0 Å². The Balaban J connectivity index is 0. The SMILES string of the molecule is CC(O)CCCCCCCCCCCCCCCCC(Cl)CC[NH+](C)C.[Cl-]. The summed E-state index contributed by atoms with van der Waals surface area (Å²) in [6.07, 6.45) is 22.5. The van der Waals surface area contributed by atoms with Gasteiger partial charge in [-0.05, 0) is 19.8 Å². The number of nitrogens with one attached hydrogen (secondary N) is 1. The quantitative estimate of drug-likeness (QED) is 0.227. The zero-order valence-electron chi connectivity index (χ0n) is 18.6. The Morgan fingerprint density at radius 1 is 0.630 bits per heavy atom. The first kappa shape index (κ1) is 29.7. The van der Waals surface area contributed by atoms with Crippen molar-refractivity contribution in [2.45, 2.75) is 128 Å². The van der Waals surface area contributed by atoms with E-state index in [0.29, 0.717) is 5.38 Å². The molecule has 0 aliphatic carbocycles. The number of hydrogen-bond acceptors (Lipinski definition) is 1. The largest absolute Gasteiger partial charge is 1.00 e. The van der Waals surface area contributed by atoms with E-state index in [0.717, 1.165) is 12.8 Å². The highest BCUT2D eigenvalue weighted by atomic mass is 35.5. The monoisotopic (exact) mass is 425 g/mol. The van der Waals surface area contributed by atoms with Crippen LogP contribution in [0.5, 0.6) is 0 Å². The Hall–Kier alpha value is 0.500. The van der Waals surface area contributed by atoms with E-state index in [1.54, 1.807) is 0 Å². The third kappa shape index (κ3) is 26.5.